The Kier molecular flexibility index (Phi) is 6.41. The van der Waals surface area contributed by atoms with E-state index in [-0.39, 0.29) is 5.97 Å². The molecule has 5 nitrogen and oxygen atoms in total. The number of ether oxygens (including phenoxy) is 3. The van der Waals surface area contributed by atoms with E-state index in [4.69, 9.17) is 9.47 Å². The van der Waals surface area contributed by atoms with Gasteiger partial charge in [0, 0.05) is 6.21 Å². The van der Waals surface area contributed by atoms with Gasteiger partial charge in [-0.15, -0.1) is 0 Å². The van der Waals surface area contributed by atoms with Gasteiger partial charge >= 0.3 is 5.97 Å². The van der Waals surface area contributed by atoms with Crippen molar-refractivity contribution in [2.24, 2.45) is 4.99 Å². The van der Waals surface area contributed by atoms with E-state index in [1.165, 1.54) is 7.11 Å². The first-order chi connectivity index (χ1) is 13.7. The number of aliphatic imine (C=N–C) groups is 1. The zero-order valence-corrected chi connectivity index (χ0v) is 15.8. The topological polar surface area (TPSA) is 57.1 Å². The van der Waals surface area contributed by atoms with Crippen molar-refractivity contribution in [2.75, 3.05) is 14.2 Å². The Morgan fingerprint density at radius 3 is 2.11 bits per heavy atom. The van der Waals surface area contributed by atoms with Crippen molar-refractivity contribution in [1.29, 1.82) is 0 Å². The second kappa shape index (κ2) is 9.37. The SMILES string of the molecule is COC(=O)c1ccc(COc2ccc(C=Nc3ccc(OC)cc3)cc2)cc1. The molecule has 0 saturated heterocycles. The number of methoxy groups -OCH3 is 2. The van der Waals surface area contributed by atoms with Crippen LogP contribution in [-0.4, -0.2) is 26.4 Å². The molecule has 142 valence electrons. The molecule has 0 atom stereocenters. The Hall–Kier alpha value is -3.60. The number of carbonyl (C=O) groups is 1. The molecule has 0 saturated carbocycles. The van der Waals surface area contributed by atoms with E-state index in [2.05, 4.69) is 9.73 Å². The minimum Gasteiger partial charge on any atom is -0.497 e. The van der Waals surface area contributed by atoms with E-state index in [0.29, 0.717) is 12.2 Å². The van der Waals surface area contributed by atoms with Gasteiger partial charge in [0.2, 0.25) is 0 Å². The van der Waals surface area contributed by atoms with Crippen molar-refractivity contribution in [3.63, 3.8) is 0 Å². The van der Waals surface area contributed by atoms with Gasteiger partial charge in [0.25, 0.3) is 0 Å². The van der Waals surface area contributed by atoms with E-state index in [9.17, 15) is 4.79 Å². The summed E-state index contributed by atoms with van der Waals surface area (Å²) in [5.74, 6) is 1.22. The molecule has 0 aliphatic rings. The summed E-state index contributed by atoms with van der Waals surface area (Å²) in [4.78, 5) is 15.9. The Morgan fingerprint density at radius 2 is 1.50 bits per heavy atom. The molecule has 0 N–H and O–H groups in total. The smallest absolute Gasteiger partial charge is 0.337 e. The molecule has 0 aromatic heterocycles. The maximum Gasteiger partial charge on any atom is 0.337 e. The Balaban J connectivity index is 1.55. The number of hydrogen-bond donors (Lipinski definition) is 0. The van der Waals surface area contributed by atoms with E-state index >= 15 is 0 Å². The largest absolute Gasteiger partial charge is 0.497 e. The third-order valence-electron chi connectivity index (χ3n) is 4.10. The molecule has 0 fully saturated rings. The number of esters is 1. The lowest BCUT2D eigenvalue weighted by Crippen LogP contribution is -2.02. The summed E-state index contributed by atoms with van der Waals surface area (Å²) in [6.45, 7) is 0.417. The van der Waals surface area contributed by atoms with Crippen molar-refractivity contribution < 1.29 is 19.0 Å². The van der Waals surface area contributed by atoms with Crippen molar-refractivity contribution in [3.05, 3.63) is 89.5 Å². The van der Waals surface area contributed by atoms with Crippen LogP contribution in [0.5, 0.6) is 11.5 Å². The fourth-order valence-corrected chi connectivity index (χ4v) is 2.49. The molecule has 3 aromatic carbocycles. The van der Waals surface area contributed by atoms with Gasteiger partial charge in [0.05, 0.1) is 25.5 Å². The monoisotopic (exact) mass is 375 g/mol. The minimum atomic E-state index is -0.348. The molecule has 0 unspecified atom stereocenters. The van der Waals surface area contributed by atoms with Crippen LogP contribution in [0.3, 0.4) is 0 Å². The molecule has 0 heterocycles. The van der Waals surface area contributed by atoms with Crippen LogP contribution in [0.25, 0.3) is 0 Å². The highest BCUT2D eigenvalue weighted by Crippen LogP contribution is 2.18. The number of rotatable bonds is 7. The molecule has 3 rings (SSSR count). The summed E-state index contributed by atoms with van der Waals surface area (Å²) < 4.78 is 15.6. The first kappa shape index (κ1) is 19.2. The predicted octanol–water partition coefficient (Wildman–Crippen LogP) is 4.81. The highest BCUT2D eigenvalue weighted by atomic mass is 16.5. The van der Waals surface area contributed by atoms with E-state index in [1.807, 2.05) is 60.7 Å². The Bertz CT molecular complexity index is 930. The fraction of sp³-hybridized carbons (Fsp3) is 0.130. The van der Waals surface area contributed by atoms with Crippen LogP contribution in [0, 0.1) is 0 Å². The van der Waals surface area contributed by atoms with Crippen LogP contribution in [-0.2, 0) is 11.3 Å². The van der Waals surface area contributed by atoms with Gasteiger partial charge < -0.3 is 14.2 Å². The summed E-state index contributed by atoms with van der Waals surface area (Å²) >= 11 is 0. The number of benzene rings is 3. The molecular weight excluding hydrogens is 354 g/mol. The quantitative estimate of drug-likeness (QED) is 0.439. The highest BCUT2D eigenvalue weighted by molar-refractivity contribution is 5.89. The minimum absolute atomic E-state index is 0.348. The van der Waals surface area contributed by atoms with Crippen LogP contribution in [0.1, 0.15) is 21.5 Å². The summed E-state index contributed by atoms with van der Waals surface area (Å²) in [6, 6.07) is 22.4. The van der Waals surface area contributed by atoms with Crippen molar-refractivity contribution >= 4 is 17.9 Å². The molecule has 0 bridgehead atoms. The highest BCUT2D eigenvalue weighted by Gasteiger charge is 2.04. The maximum atomic E-state index is 11.4. The Morgan fingerprint density at radius 1 is 0.857 bits per heavy atom. The van der Waals surface area contributed by atoms with Crippen LogP contribution in [0.2, 0.25) is 0 Å². The standard InChI is InChI=1S/C23H21NO4/c1-26-21-13-9-20(10-14-21)24-15-17-5-11-22(12-6-17)28-16-18-3-7-19(8-4-18)23(25)27-2/h3-15H,16H2,1-2H3. The molecule has 0 amide bonds. The lowest BCUT2D eigenvalue weighted by Gasteiger charge is -2.07. The zero-order chi connectivity index (χ0) is 19.8. The van der Waals surface area contributed by atoms with Gasteiger partial charge in [-0.1, -0.05) is 12.1 Å². The lowest BCUT2D eigenvalue weighted by atomic mass is 10.1. The van der Waals surface area contributed by atoms with Gasteiger partial charge in [0.15, 0.2) is 0 Å². The summed E-state index contributed by atoms with van der Waals surface area (Å²) in [5.41, 5.74) is 3.33. The van der Waals surface area contributed by atoms with Crippen molar-refractivity contribution in [2.45, 2.75) is 6.61 Å². The summed E-state index contributed by atoms with van der Waals surface area (Å²) in [6.07, 6.45) is 1.80. The maximum absolute atomic E-state index is 11.4. The molecule has 5 heteroatoms. The summed E-state index contributed by atoms with van der Waals surface area (Å²) in [7, 11) is 3.00. The van der Waals surface area contributed by atoms with Crippen LogP contribution >= 0.6 is 0 Å². The van der Waals surface area contributed by atoms with Crippen LogP contribution in [0.15, 0.2) is 77.8 Å². The fourth-order valence-electron chi connectivity index (χ4n) is 2.49. The molecule has 0 aliphatic carbocycles. The van der Waals surface area contributed by atoms with Crippen molar-refractivity contribution in [1.82, 2.24) is 0 Å². The second-order valence-electron chi connectivity index (χ2n) is 6.00. The molecule has 3 aromatic rings. The predicted molar refractivity (Wildman–Crippen MR) is 109 cm³/mol. The normalized spacial score (nSPS) is 10.6. The van der Waals surface area contributed by atoms with Crippen LogP contribution < -0.4 is 9.47 Å². The third kappa shape index (κ3) is 5.20. The number of hydrogen-bond acceptors (Lipinski definition) is 5. The molecule has 28 heavy (non-hydrogen) atoms. The summed E-state index contributed by atoms with van der Waals surface area (Å²) in [5, 5.41) is 0. The molecule has 0 radical (unpaired) electrons. The first-order valence-corrected chi connectivity index (χ1v) is 8.76. The van der Waals surface area contributed by atoms with E-state index < -0.39 is 0 Å². The lowest BCUT2D eigenvalue weighted by molar-refractivity contribution is 0.0600. The van der Waals surface area contributed by atoms with Gasteiger partial charge in [-0.05, 0) is 71.8 Å². The number of carbonyl (C=O) groups excluding carboxylic acids is 1. The first-order valence-electron chi connectivity index (χ1n) is 8.76. The third-order valence-corrected chi connectivity index (χ3v) is 4.10. The Labute approximate surface area is 164 Å². The molecule has 0 aliphatic heterocycles. The van der Waals surface area contributed by atoms with E-state index in [0.717, 1.165) is 28.3 Å². The number of nitrogens with zero attached hydrogens (tertiary/aromatic N) is 1. The second-order valence-corrected chi connectivity index (χ2v) is 6.00. The van der Waals surface area contributed by atoms with Crippen molar-refractivity contribution in [3.8, 4) is 11.5 Å². The van der Waals surface area contributed by atoms with Gasteiger partial charge in [0.1, 0.15) is 18.1 Å². The van der Waals surface area contributed by atoms with Gasteiger partial charge in [-0.25, -0.2) is 4.79 Å². The van der Waals surface area contributed by atoms with E-state index in [1.54, 1.807) is 25.5 Å². The van der Waals surface area contributed by atoms with Gasteiger partial charge in [-0.3, -0.25) is 4.99 Å². The van der Waals surface area contributed by atoms with Gasteiger partial charge in [-0.2, -0.15) is 0 Å². The average Bonchev–Trinajstić information content (AvgIpc) is 2.77. The molecule has 0 spiro atoms. The zero-order valence-electron chi connectivity index (χ0n) is 15.8. The van der Waals surface area contributed by atoms with Crippen LogP contribution in [0.4, 0.5) is 5.69 Å². The average molecular weight is 375 g/mol. The molecular formula is C23H21NO4.